The van der Waals surface area contributed by atoms with Crippen LogP contribution < -0.4 is 20.5 Å². The quantitative estimate of drug-likeness (QED) is 0.171. The summed E-state index contributed by atoms with van der Waals surface area (Å²) in [5.74, 6) is -2.77. The summed E-state index contributed by atoms with van der Waals surface area (Å²) in [6.07, 6.45) is 0.779. The second-order valence-corrected chi connectivity index (χ2v) is 12.4. The van der Waals surface area contributed by atoms with Crippen LogP contribution in [0.25, 0.3) is 10.8 Å². The number of fused-ring (bicyclic) bond motifs is 1. The van der Waals surface area contributed by atoms with Gasteiger partial charge in [0.25, 0.3) is 5.91 Å². The molecule has 244 valence electrons. The fraction of sp³-hybridized carbons (Fsp3) is 0.290. The number of carbonyl (C=O) groups excluding carboxylic acids is 1. The molecule has 1 amide bonds. The summed E-state index contributed by atoms with van der Waals surface area (Å²) >= 11 is 0. The average Bonchev–Trinajstić information content (AvgIpc) is 3.56. The number of alkyl halides is 3. The van der Waals surface area contributed by atoms with Crippen LogP contribution in [0, 0.1) is 16.7 Å². The van der Waals surface area contributed by atoms with Gasteiger partial charge in [-0.3, -0.25) is 10.2 Å². The molecule has 6 N–H and O–H groups in total. The number of ether oxygens (including phenoxy) is 1. The number of amidine groups is 1. The highest BCUT2D eigenvalue weighted by Crippen LogP contribution is 2.42. The number of aliphatic imine (C=N–C) groups is 1. The maximum Gasteiger partial charge on any atom is 0.490 e. The molecule has 0 radical (unpaired) electrons. The van der Waals surface area contributed by atoms with Gasteiger partial charge in [0.05, 0.1) is 17.4 Å². The van der Waals surface area contributed by atoms with Crippen LogP contribution in [0.2, 0.25) is 0 Å². The van der Waals surface area contributed by atoms with E-state index < -0.39 is 33.6 Å². The number of nitrogen functional groups attached to an aromatic ring is 1. The molecular weight excluding hydrogens is 627 g/mol. The van der Waals surface area contributed by atoms with E-state index in [0.717, 1.165) is 22.9 Å². The third kappa shape index (κ3) is 7.61. The Labute approximate surface area is 262 Å². The predicted molar refractivity (Wildman–Crippen MR) is 166 cm³/mol. The van der Waals surface area contributed by atoms with Gasteiger partial charge in [0.15, 0.2) is 0 Å². The molecule has 1 fully saturated rings. The van der Waals surface area contributed by atoms with E-state index in [1.807, 2.05) is 18.2 Å². The van der Waals surface area contributed by atoms with E-state index in [1.54, 1.807) is 61.7 Å². The number of benzene rings is 3. The molecule has 11 nitrogen and oxygen atoms in total. The van der Waals surface area contributed by atoms with Gasteiger partial charge in [-0.2, -0.15) is 13.2 Å². The molecule has 3 aromatic carbocycles. The maximum absolute atomic E-state index is 13.9. The first-order valence-corrected chi connectivity index (χ1v) is 15.5. The van der Waals surface area contributed by atoms with Gasteiger partial charge in [-0.05, 0) is 84.6 Å². The van der Waals surface area contributed by atoms with E-state index >= 15 is 0 Å². The molecule has 0 spiro atoms. The molecule has 3 atom stereocenters. The van der Waals surface area contributed by atoms with E-state index in [1.165, 1.54) is 6.21 Å². The summed E-state index contributed by atoms with van der Waals surface area (Å²) in [5, 5.41) is 19.9. The molecule has 15 heteroatoms. The van der Waals surface area contributed by atoms with Crippen LogP contribution in [0.4, 0.5) is 13.2 Å². The van der Waals surface area contributed by atoms with Crippen LogP contribution in [-0.2, 0) is 26.0 Å². The molecule has 1 saturated heterocycles. The molecule has 0 aliphatic carbocycles. The Hall–Kier alpha value is -4.60. The Morgan fingerprint density at radius 2 is 1.91 bits per heavy atom. The molecule has 0 saturated carbocycles. The van der Waals surface area contributed by atoms with E-state index in [0.29, 0.717) is 24.3 Å². The number of aliphatic carboxylic acids is 1. The number of carbonyl (C=O) groups is 2. The summed E-state index contributed by atoms with van der Waals surface area (Å²) in [6.45, 7) is 1.29. The molecule has 2 aliphatic rings. The lowest BCUT2D eigenvalue weighted by molar-refractivity contribution is -0.192. The van der Waals surface area contributed by atoms with Crippen LogP contribution in [0.3, 0.4) is 0 Å². The highest BCUT2D eigenvalue weighted by atomic mass is 32.2. The standard InChI is InChI=1S/C29H31N5O4S.C2HF3O2/c1-38-24-8-6-20-7-9-25(17-22(20)16-24)39(36,37)34-26(15-19-4-2-5-21(14-19)27(30)31)29(23-10-13-32-18-23)11-3-12-33-28(29)35;3-2(4,5)1(6)7/h2-9,11-12,14,16-17,23,26,32,34H,10,13,15,18H2,1H3,(H3,30,31);(H,6,7)/t23-,26?,29?;/m1./s1. The van der Waals surface area contributed by atoms with Gasteiger partial charge in [0, 0.05) is 17.8 Å². The van der Waals surface area contributed by atoms with E-state index in [-0.39, 0.29) is 29.0 Å². The molecule has 46 heavy (non-hydrogen) atoms. The van der Waals surface area contributed by atoms with Crippen molar-refractivity contribution in [1.82, 2.24) is 10.0 Å². The van der Waals surface area contributed by atoms with Gasteiger partial charge in [-0.15, -0.1) is 0 Å². The number of amides is 1. The monoisotopic (exact) mass is 659 g/mol. The SMILES string of the molecule is COc1ccc2ccc(S(=O)(=O)NC(Cc3cccc(C(=N)N)c3)C3([C@@H]4CCNC4)C=CC=NC3=O)cc2c1.O=C(O)C(F)(F)F. The van der Waals surface area contributed by atoms with Crippen LogP contribution in [0.15, 0.2) is 82.7 Å². The first-order valence-electron chi connectivity index (χ1n) is 14.0. The molecule has 3 aromatic rings. The van der Waals surface area contributed by atoms with Crippen LogP contribution in [0.1, 0.15) is 17.5 Å². The number of nitrogens with two attached hydrogens (primary N) is 1. The summed E-state index contributed by atoms with van der Waals surface area (Å²) in [5.41, 5.74) is 5.80. The lowest BCUT2D eigenvalue weighted by atomic mass is 9.66. The summed E-state index contributed by atoms with van der Waals surface area (Å²) in [7, 11) is -2.51. The van der Waals surface area contributed by atoms with Crippen LogP contribution >= 0.6 is 0 Å². The zero-order chi connectivity index (χ0) is 33.7. The van der Waals surface area contributed by atoms with Crippen molar-refractivity contribution in [2.75, 3.05) is 20.2 Å². The van der Waals surface area contributed by atoms with E-state index in [4.69, 9.17) is 25.8 Å². The fourth-order valence-electron chi connectivity index (χ4n) is 5.58. The maximum atomic E-state index is 13.9. The van der Waals surface area contributed by atoms with Crippen LogP contribution in [-0.4, -0.2) is 69.9 Å². The predicted octanol–water partition coefficient (Wildman–Crippen LogP) is 3.42. The molecule has 2 aliphatic heterocycles. The number of halogens is 3. The minimum atomic E-state index is -5.08. The van der Waals surface area contributed by atoms with Crippen molar-refractivity contribution < 1.29 is 41.0 Å². The molecular formula is C31H32F3N5O6S. The van der Waals surface area contributed by atoms with Crippen molar-refractivity contribution in [2.24, 2.45) is 22.1 Å². The van der Waals surface area contributed by atoms with Crippen molar-refractivity contribution in [3.63, 3.8) is 0 Å². The Balaban J connectivity index is 0.000000617. The van der Waals surface area contributed by atoms with E-state index in [9.17, 15) is 26.4 Å². The molecule has 2 unspecified atom stereocenters. The Morgan fingerprint density at radius 1 is 1.20 bits per heavy atom. The number of methoxy groups -OCH3 is 1. The minimum Gasteiger partial charge on any atom is -0.497 e. The van der Waals surface area contributed by atoms with Gasteiger partial charge < -0.3 is 20.9 Å². The Kier molecular flexibility index (Phi) is 10.3. The zero-order valence-corrected chi connectivity index (χ0v) is 25.4. The number of carboxylic acids is 1. The fourth-order valence-corrected chi connectivity index (χ4v) is 6.90. The van der Waals surface area contributed by atoms with Gasteiger partial charge in [-0.1, -0.05) is 36.4 Å². The van der Waals surface area contributed by atoms with Gasteiger partial charge >= 0.3 is 12.1 Å². The van der Waals surface area contributed by atoms with Gasteiger partial charge in [0.1, 0.15) is 11.6 Å². The highest BCUT2D eigenvalue weighted by molar-refractivity contribution is 7.89. The number of hydrogen-bond acceptors (Lipinski definition) is 7. The number of rotatable bonds is 9. The normalized spacial score (nSPS) is 20.2. The van der Waals surface area contributed by atoms with Crippen molar-refractivity contribution in [3.05, 3.63) is 83.9 Å². The van der Waals surface area contributed by atoms with E-state index in [2.05, 4.69) is 15.0 Å². The first-order chi connectivity index (χ1) is 21.7. The number of nitrogens with one attached hydrogen (secondary N) is 3. The second kappa shape index (κ2) is 13.8. The second-order valence-electron chi connectivity index (χ2n) is 10.7. The number of dihydropyridines is 1. The zero-order valence-electron chi connectivity index (χ0n) is 24.5. The van der Waals surface area contributed by atoms with Crippen LogP contribution in [0.5, 0.6) is 5.75 Å². The lowest BCUT2D eigenvalue weighted by Crippen LogP contribution is -2.56. The Bertz CT molecular complexity index is 1810. The van der Waals surface area contributed by atoms with Crippen molar-refractivity contribution in [1.29, 1.82) is 5.41 Å². The number of sulfonamides is 1. The largest absolute Gasteiger partial charge is 0.497 e. The number of carboxylic acid groups (broad SMARTS) is 1. The molecule has 0 bridgehead atoms. The number of allylic oxidation sites excluding steroid dienone is 1. The first kappa shape index (κ1) is 34.3. The summed E-state index contributed by atoms with van der Waals surface area (Å²) in [6, 6.07) is 16.6. The average molecular weight is 660 g/mol. The summed E-state index contributed by atoms with van der Waals surface area (Å²) in [4.78, 5) is 26.7. The minimum absolute atomic E-state index is 0.0844. The molecule has 5 rings (SSSR count). The van der Waals surface area contributed by atoms with Gasteiger partial charge in [-0.25, -0.2) is 22.9 Å². The van der Waals surface area contributed by atoms with Crippen molar-refractivity contribution in [2.45, 2.75) is 30.0 Å². The lowest BCUT2D eigenvalue weighted by Gasteiger charge is -2.41. The molecule has 0 aromatic heterocycles. The van der Waals surface area contributed by atoms with Crippen molar-refractivity contribution in [3.8, 4) is 5.75 Å². The topological polar surface area (TPSA) is 184 Å². The van der Waals surface area contributed by atoms with Crippen molar-refractivity contribution >= 4 is 44.7 Å². The molecule has 2 heterocycles. The third-order valence-corrected chi connectivity index (χ3v) is 9.35. The third-order valence-electron chi connectivity index (χ3n) is 7.88. The Morgan fingerprint density at radius 3 is 2.52 bits per heavy atom. The number of nitrogens with zero attached hydrogens (tertiary/aromatic N) is 1. The smallest absolute Gasteiger partial charge is 0.490 e. The highest BCUT2D eigenvalue weighted by Gasteiger charge is 2.52. The number of hydrogen-bond donors (Lipinski definition) is 5. The summed E-state index contributed by atoms with van der Waals surface area (Å²) < 4.78 is 67.8. The van der Waals surface area contributed by atoms with Gasteiger partial charge in [0.2, 0.25) is 10.0 Å².